The minimum Gasteiger partial charge on any atom is -0.494 e. The SMILES string of the molecule is CCOc1cccc(C(c2ccccc2Br)N2CCCNCC2)c1. The van der Waals surface area contributed by atoms with Gasteiger partial charge < -0.3 is 10.1 Å². The molecule has 3 rings (SSSR count). The number of benzene rings is 2. The van der Waals surface area contributed by atoms with Crippen molar-refractivity contribution in [1.82, 2.24) is 10.2 Å². The van der Waals surface area contributed by atoms with Crippen LogP contribution in [0, 0.1) is 0 Å². The topological polar surface area (TPSA) is 24.5 Å². The number of hydrogen-bond donors (Lipinski definition) is 1. The highest BCUT2D eigenvalue weighted by atomic mass is 79.9. The maximum Gasteiger partial charge on any atom is 0.119 e. The fourth-order valence-corrected chi connectivity index (χ4v) is 3.85. The highest BCUT2D eigenvalue weighted by molar-refractivity contribution is 9.10. The fourth-order valence-electron chi connectivity index (χ4n) is 3.35. The van der Waals surface area contributed by atoms with Crippen molar-refractivity contribution in [3.8, 4) is 5.75 Å². The summed E-state index contributed by atoms with van der Waals surface area (Å²) in [5.74, 6) is 0.944. The van der Waals surface area contributed by atoms with E-state index in [9.17, 15) is 0 Å². The van der Waals surface area contributed by atoms with Crippen molar-refractivity contribution in [3.05, 3.63) is 64.1 Å². The van der Waals surface area contributed by atoms with Crippen LogP contribution in [0.5, 0.6) is 5.75 Å². The number of rotatable bonds is 5. The molecule has 24 heavy (non-hydrogen) atoms. The molecule has 4 heteroatoms. The predicted octanol–water partition coefficient (Wildman–Crippen LogP) is 4.23. The van der Waals surface area contributed by atoms with E-state index in [0.29, 0.717) is 6.61 Å². The summed E-state index contributed by atoms with van der Waals surface area (Å²) in [5.41, 5.74) is 2.60. The van der Waals surface area contributed by atoms with Gasteiger partial charge in [-0.1, -0.05) is 46.3 Å². The number of halogens is 1. The van der Waals surface area contributed by atoms with Crippen LogP contribution >= 0.6 is 15.9 Å². The minimum absolute atomic E-state index is 0.237. The highest BCUT2D eigenvalue weighted by Crippen LogP contribution is 2.35. The van der Waals surface area contributed by atoms with E-state index >= 15 is 0 Å². The van der Waals surface area contributed by atoms with E-state index in [-0.39, 0.29) is 6.04 Å². The van der Waals surface area contributed by atoms with Crippen LogP contribution in [-0.2, 0) is 0 Å². The van der Waals surface area contributed by atoms with Gasteiger partial charge in [-0.15, -0.1) is 0 Å². The maximum atomic E-state index is 5.73. The van der Waals surface area contributed by atoms with Gasteiger partial charge in [-0.25, -0.2) is 0 Å². The molecule has 2 aromatic carbocycles. The van der Waals surface area contributed by atoms with Gasteiger partial charge in [0.15, 0.2) is 0 Å². The summed E-state index contributed by atoms with van der Waals surface area (Å²) in [6.07, 6.45) is 1.17. The quantitative estimate of drug-likeness (QED) is 0.828. The average Bonchev–Trinajstić information content (AvgIpc) is 2.87. The van der Waals surface area contributed by atoms with Gasteiger partial charge in [0.05, 0.1) is 12.6 Å². The Kier molecular flexibility index (Phi) is 6.30. The van der Waals surface area contributed by atoms with Gasteiger partial charge in [-0.3, -0.25) is 4.90 Å². The van der Waals surface area contributed by atoms with Gasteiger partial charge in [-0.2, -0.15) is 0 Å². The molecule has 1 N–H and O–H groups in total. The Morgan fingerprint density at radius 3 is 2.83 bits per heavy atom. The van der Waals surface area contributed by atoms with E-state index in [1.54, 1.807) is 0 Å². The number of ether oxygens (including phenoxy) is 1. The van der Waals surface area contributed by atoms with Gasteiger partial charge in [0.1, 0.15) is 5.75 Å². The van der Waals surface area contributed by atoms with Crippen LogP contribution in [0.3, 0.4) is 0 Å². The summed E-state index contributed by atoms with van der Waals surface area (Å²) < 4.78 is 6.89. The first-order valence-corrected chi connectivity index (χ1v) is 9.51. The first-order valence-electron chi connectivity index (χ1n) is 8.71. The Morgan fingerprint density at radius 2 is 2.00 bits per heavy atom. The third kappa shape index (κ3) is 4.18. The number of hydrogen-bond acceptors (Lipinski definition) is 3. The smallest absolute Gasteiger partial charge is 0.119 e. The summed E-state index contributed by atoms with van der Waals surface area (Å²) >= 11 is 3.76. The average molecular weight is 389 g/mol. The van der Waals surface area contributed by atoms with Crippen molar-refractivity contribution in [3.63, 3.8) is 0 Å². The number of nitrogens with zero attached hydrogens (tertiary/aromatic N) is 1. The molecule has 1 saturated heterocycles. The third-order valence-electron chi connectivity index (χ3n) is 4.42. The van der Waals surface area contributed by atoms with Crippen LogP contribution in [-0.4, -0.2) is 37.7 Å². The molecular weight excluding hydrogens is 364 g/mol. The van der Waals surface area contributed by atoms with Crippen LogP contribution in [0.1, 0.15) is 30.5 Å². The summed E-state index contributed by atoms with van der Waals surface area (Å²) in [7, 11) is 0. The molecule has 1 unspecified atom stereocenters. The second kappa shape index (κ2) is 8.65. The van der Waals surface area contributed by atoms with Crippen LogP contribution < -0.4 is 10.1 Å². The molecule has 1 fully saturated rings. The van der Waals surface area contributed by atoms with E-state index in [0.717, 1.165) is 36.4 Å². The first kappa shape index (κ1) is 17.5. The Morgan fingerprint density at radius 1 is 1.12 bits per heavy atom. The lowest BCUT2D eigenvalue weighted by Crippen LogP contribution is -2.33. The zero-order valence-electron chi connectivity index (χ0n) is 14.2. The molecule has 1 aliphatic rings. The molecule has 0 saturated carbocycles. The van der Waals surface area contributed by atoms with Crippen molar-refractivity contribution in [2.24, 2.45) is 0 Å². The van der Waals surface area contributed by atoms with Crippen molar-refractivity contribution >= 4 is 15.9 Å². The fraction of sp³-hybridized carbons (Fsp3) is 0.400. The lowest BCUT2D eigenvalue weighted by molar-refractivity contribution is 0.240. The molecule has 0 aromatic heterocycles. The Labute approximate surface area is 153 Å². The highest BCUT2D eigenvalue weighted by Gasteiger charge is 2.25. The van der Waals surface area contributed by atoms with E-state index < -0.39 is 0 Å². The molecular formula is C20H25BrN2O. The van der Waals surface area contributed by atoms with Crippen LogP contribution in [0.2, 0.25) is 0 Å². The summed E-state index contributed by atoms with van der Waals surface area (Å²) in [4.78, 5) is 2.57. The summed E-state index contributed by atoms with van der Waals surface area (Å²) in [6, 6.07) is 17.3. The van der Waals surface area contributed by atoms with Crippen LogP contribution in [0.4, 0.5) is 0 Å². The van der Waals surface area contributed by atoms with Crippen molar-refractivity contribution in [2.45, 2.75) is 19.4 Å². The molecule has 1 atom stereocenters. The Balaban J connectivity index is 2.01. The molecule has 1 aliphatic heterocycles. The Hall–Kier alpha value is -1.36. The molecule has 0 radical (unpaired) electrons. The zero-order valence-corrected chi connectivity index (χ0v) is 15.8. The maximum absolute atomic E-state index is 5.73. The second-order valence-corrected chi connectivity index (χ2v) is 6.92. The van der Waals surface area contributed by atoms with Crippen molar-refractivity contribution < 1.29 is 4.74 Å². The Bertz CT molecular complexity index is 654. The van der Waals surface area contributed by atoms with Crippen molar-refractivity contribution in [1.29, 1.82) is 0 Å². The largest absolute Gasteiger partial charge is 0.494 e. The van der Waals surface area contributed by atoms with Gasteiger partial charge in [0.2, 0.25) is 0 Å². The molecule has 128 valence electrons. The second-order valence-electron chi connectivity index (χ2n) is 6.07. The molecule has 0 aliphatic carbocycles. The normalized spacial score (nSPS) is 17.2. The van der Waals surface area contributed by atoms with Crippen LogP contribution in [0.25, 0.3) is 0 Å². The van der Waals surface area contributed by atoms with Gasteiger partial charge in [0, 0.05) is 24.1 Å². The van der Waals surface area contributed by atoms with Gasteiger partial charge >= 0.3 is 0 Å². The molecule has 3 nitrogen and oxygen atoms in total. The standard InChI is InChI=1S/C20H25BrN2O/c1-2-24-17-8-5-7-16(15-17)20(18-9-3-4-10-19(18)21)23-13-6-11-22-12-14-23/h3-5,7-10,15,20,22H,2,6,11-14H2,1H3. The van der Waals surface area contributed by atoms with Gasteiger partial charge in [-0.05, 0) is 49.2 Å². The lowest BCUT2D eigenvalue weighted by atomic mass is 9.96. The summed E-state index contributed by atoms with van der Waals surface area (Å²) in [6.45, 7) is 6.99. The zero-order chi connectivity index (χ0) is 16.8. The monoisotopic (exact) mass is 388 g/mol. The van der Waals surface area contributed by atoms with E-state index in [1.165, 1.54) is 17.5 Å². The van der Waals surface area contributed by atoms with Crippen LogP contribution in [0.15, 0.2) is 53.0 Å². The molecule has 0 amide bonds. The minimum atomic E-state index is 0.237. The molecule has 0 spiro atoms. The third-order valence-corrected chi connectivity index (χ3v) is 5.15. The molecule has 0 bridgehead atoms. The van der Waals surface area contributed by atoms with E-state index in [1.807, 2.05) is 13.0 Å². The summed E-state index contributed by atoms with van der Waals surface area (Å²) in [5, 5.41) is 3.50. The number of nitrogens with one attached hydrogen (secondary N) is 1. The van der Waals surface area contributed by atoms with E-state index in [4.69, 9.17) is 4.74 Å². The van der Waals surface area contributed by atoms with Crippen molar-refractivity contribution in [2.75, 3.05) is 32.8 Å². The molecule has 1 heterocycles. The van der Waals surface area contributed by atoms with Gasteiger partial charge in [0.25, 0.3) is 0 Å². The molecule has 2 aromatic rings. The van der Waals surface area contributed by atoms with E-state index in [2.05, 4.69) is 68.6 Å². The first-order chi connectivity index (χ1) is 11.8. The predicted molar refractivity (Wildman–Crippen MR) is 103 cm³/mol. The lowest BCUT2D eigenvalue weighted by Gasteiger charge is -2.32.